The largest absolute Gasteiger partial charge is 0.460 e. The number of urea groups is 1. The van der Waals surface area contributed by atoms with Crippen LogP contribution in [0.15, 0.2) is 35.5 Å². The molecule has 1 aliphatic heterocycles. The van der Waals surface area contributed by atoms with E-state index in [0.29, 0.717) is 28.5 Å². The number of halogens is 1. The van der Waals surface area contributed by atoms with Crippen LogP contribution < -0.4 is 0 Å². The van der Waals surface area contributed by atoms with Crippen LogP contribution in [0.4, 0.5) is 4.79 Å². The number of hydrogen-bond acceptors (Lipinski definition) is 4. The van der Waals surface area contributed by atoms with E-state index in [-0.39, 0.29) is 12.6 Å². The van der Waals surface area contributed by atoms with E-state index in [0.717, 1.165) is 0 Å². The first-order valence-electron chi connectivity index (χ1n) is 7.52. The summed E-state index contributed by atoms with van der Waals surface area (Å²) in [6, 6.07) is 6.34. The van der Waals surface area contributed by atoms with E-state index in [4.69, 9.17) is 21.1 Å². The molecule has 0 fully saturated rings. The number of likely N-dealkylation sites (N-methyl/N-ethyl adjacent to an activating group) is 1. The lowest BCUT2D eigenvalue weighted by Gasteiger charge is -2.39. The van der Waals surface area contributed by atoms with Gasteiger partial charge in [0.2, 0.25) is 0 Å². The van der Waals surface area contributed by atoms with E-state index in [1.807, 2.05) is 6.07 Å². The second kappa shape index (κ2) is 7.68. The number of amides is 2. The average Bonchev–Trinajstić information content (AvgIpc) is 2.57. The molecule has 0 saturated carbocycles. The van der Waals surface area contributed by atoms with E-state index < -0.39 is 12.0 Å². The first-order chi connectivity index (χ1) is 11.4. The SMILES string of the molecule is COCCOC(=O)C1=C(C)N(C)C(=O)N(C)[C@@H]1c1ccccc1Cl. The predicted molar refractivity (Wildman–Crippen MR) is 90.7 cm³/mol. The number of ether oxygens (including phenoxy) is 2. The van der Waals surface area contributed by atoms with Gasteiger partial charge >= 0.3 is 12.0 Å². The minimum Gasteiger partial charge on any atom is -0.460 e. The van der Waals surface area contributed by atoms with Gasteiger partial charge in [-0.2, -0.15) is 0 Å². The minimum absolute atomic E-state index is 0.142. The Kier molecular flexibility index (Phi) is 5.85. The summed E-state index contributed by atoms with van der Waals surface area (Å²) in [6.45, 7) is 2.17. The standard InChI is InChI=1S/C17H21ClN2O4/c1-11-14(16(21)24-10-9-23-4)15(20(3)17(22)19(11)2)12-7-5-6-8-13(12)18/h5-8,15H,9-10H2,1-4H3/t15-/m1/s1. The summed E-state index contributed by atoms with van der Waals surface area (Å²) in [5, 5.41) is 0.488. The van der Waals surface area contributed by atoms with Crippen molar-refractivity contribution in [2.75, 3.05) is 34.4 Å². The Balaban J connectivity index is 2.49. The van der Waals surface area contributed by atoms with Gasteiger partial charge in [0.1, 0.15) is 6.61 Å². The summed E-state index contributed by atoms with van der Waals surface area (Å²) < 4.78 is 10.2. The van der Waals surface area contributed by atoms with Crippen LogP contribution in [0, 0.1) is 0 Å². The Labute approximate surface area is 146 Å². The molecule has 1 heterocycles. The Bertz CT molecular complexity index is 674. The number of esters is 1. The number of nitrogens with zero attached hydrogens (tertiary/aromatic N) is 2. The zero-order chi connectivity index (χ0) is 17.9. The molecule has 2 amide bonds. The van der Waals surface area contributed by atoms with Crippen molar-refractivity contribution in [2.45, 2.75) is 13.0 Å². The van der Waals surface area contributed by atoms with E-state index >= 15 is 0 Å². The normalized spacial score (nSPS) is 18.2. The second-order valence-electron chi connectivity index (χ2n) is 5.50. The summed E-state index contributed by atoms with van der Waals surface area (Å²) >= 11 is 6.31. The third-order valence-corrected chi connectivity index (χ3v) is 4.43. The van der Waals surface area contributed by atoms with Gasteiger partial charge in [-0.15, -0.1) is 0 Å². The van der Waals surface area contributed by atoms with E-state index in [1.165, 1.54) is 16.9 Å². The summed E-state index contributed by atoms with van der Waals surface area (Å²) in [4.78, 5) is 28.0. The first kappa shape index (κ1) is 18.3. The summed E-state index contributed by atoms with van der Waals surface area (Å²) in [5.41, 5.74) is 1.62. The van der Waals surface area contributed by atoms with E-state index in [9.17, 15) is 9.59 Å². The molecule has 0 N–H and O–H groups in total. The van der Waals surface area contributed by atoms with Crippen molar-refractivity contribution < 1.29 is 19.1 Å². The Morgan fingerprint density at radius 2 is 1.92 bits per heavy atom. The van der Waals surface area contributed by atoms with Crippen molar-refractivity contribution >= 4 is 23.6 Å². The quantitative estimate of drug-likeness (QED) is 0.604. The van der Waals surface area contributed by atoms with Crippen LogP contribution in [0.25, 0.3) is 0 Å². The number of carbonyl (C=O) groups excluding carboxylic acids is 2. The van der Waals surface area contributed by atoms with Crippen LogP contribution in [-0.4, -0.2) is 56.2 Å². The maximum atomic E-state index is 12.6. The summed E-state index contributed by atoms with van der Waals surface area (Å²) in [5.74, 6) is -0.485. The van der Waals surface area contributed by atoms with Crippen LogP contribution in [0.3, 0.4) is 0 Å². The van der Waals surface area contributed by atoms with Gasteiger partial charge in [0.05, 0.1) is 18.2 Å². The maximum Gasteiger partial charge on any atom is 0.338 e. The molecule has 0 spiro atoms. The molecule has 130 valence electrons. The molecule has 1 atom stereocenters. The summed E-state index contributed by atoms with van der Waals surface area (Å²) in [6.07, 6.45) is 0. The van der Waals surface area contributed by atoms with Gasteiger partial charge in [0, 0.05) is 31.9 Å². The topological polar surface area (TPSA) is 59.1 Å². The predicted octanol–water partition coefficient (Wildman–Crippen LogP) is 2.84. The van der Waals surface area contributed by atoms with Crippen LogP contribution in [0.1, 0.15) is 18.5 Å². The number of allylic oxidation sites excluding steroid dienone is 1. The molecule has 1 aliphatic rings. The van der Waals surface area contributed by atoms with Crippen molar-refractivity contribution in [3.8, 4) is 0 Å². The minimum atomic E-state index is -0.600. The highest BCUT2D eigenvalue weighted by molar-refractivity contribution is 6.31. The second-order valence-corrected chi connectivity index (χ2v) is 5.91. The summed E-state index contributed by atoms with van der Waals surface area (Å²) in [7, 11) is 4.80. The van der Waals surface area contributed by atoms with Crippen molar-refractivity contribution in [2.24, 2.45) is 0 Å². The molecule has 2 rings (SSSR count). The zero-order valence-corrected chi connectivity index (χ0v) is 15.0. The molecule has 0 unspecified atom stereocenters. The van der Waals surface area contributed by atoms with Gasteiger partial charge in [-0.1, -0.05) is 29.8 Å². The molecule has 0 saturated heterocycles. The fourth-order valence-electron chi connectivity index (χ4n) is 2.68. The molecule has 6 nitrogen and oxygen atoms in total. The molecule has 0 aliphatic carbocycles. The van der Waals surface area contributed by atoms with Crippen molar-refractivity contribution in [1.29, 1.82) is 0 Å². The van der Waals surface area contributed by atoms with Crippen LogP contribution in [-0.2, 0) is 14.3 Å². The number of carbonyl (C=O) groups is 2. The Hall–Kier alpha value is -2.05. The molecule has 7 heteroatoms. The zero-order valence-electron chi connectivity index (χ0n) is 14.2. The first-order valence-corrected chi connectivity index (χ1v) is 7.89. The highest BCUT2D eigenvalue weighted by Crippen LogP contribution is 2.38. The number of rotatable bonds is 5. The van der Waals surface area contributed by atoms with Gasteiger partial charge < -0.3 is 19.3 Å². The van der Waals surface area contributed by atoms with Gasteiger partial charge in [-0.25, -0.2) is 9.59 Å². The maximum absolute atomic E-state index is 12.6. The van der Waals surface area contributed by atoms with Gasteiger partial charge in [-0.3, -0.25) is 0 Å². The molecule has 1 aromatic carbocycles. The fourth-order valence-corrected chi connectivity index (χ4v) is 2.92. The van der Waals surface area contributed by atoms with Gasteiger partial charge in [0.15, 0.2) is 0 Å². The number of methoxy groups -OCH3 is 1. The molecule has 0 aromatic heterocycles. The highest BCUT2D eigenvalue weighted by atomic mass is 35.5. The van der Waals surface area contributed by atoms with Crippen LogP contribution >= 0.6 is 11.6 Å². The molecular weight excluding hydrogens is 332 g/mol. The van der Waals surface area contributed by atoms with Gasteiger partial charge in [0.25, 0.3) is 0 Å². The monoisotopic (exact) mass is 352 g/mol. The molecule has 0 radical (unpaired) electrons. The number of benzene rings is 1. The number of hydrogen-bond donors (Lipinski definition) is 0. The average molecular weight is 353 g/mol. The van der Waals surface area contributed by atoms with Crippen molar-refractivity contribution in [3.63, 3.8) is 0 Å². The Morgan fingerprint density at radius 1 is 1.25 bits per heavy atom. The highest BCUT2D eigenvalue weighted by Gasteiger charge is 2.39. The van der Waals surface area contributed by atoms with E-state index in [2.05, 4.69) is 0 Å². The molecular formula is C17H21ClN2O4. The lowest BCUT2D eigenvalue weighted by molar-refractivity contribution is -0.141. The van der Waals surface area contributed by atoms with Crippen LogP contribution in [0.2, 0.25) is 5.02 Å². The molecule has 24 heavy (non-hydrogen) atoms. The van der Waals surface area contributed by atoms with Crippen LogP contribution in [0.5, 0.6) is 0 Å². The van der Waals surface area contributed by atoms with Gasteiger partial charge in [-0.05, 0) is 18.6 Å². The molecule has 1 aromatic rings. The van der Waals surface area contributed by atoms with E-state index in [1.54, 1.807) is 39.2 Å². The fraction of sp³-hybridized carbons (Fsp3) is 0.412. The molecule has 0 bridgehead atoms. The smallest absolute Gasteiger partial charge is 0.338 e. The third kappa shape index (κ3) is 3.39. The third-order valence-electron chi connectivity index (χ3n) is 4.08. The van der Waals surface area contributed by atoms with Crippen molar-refractivity contribution in [1.82, 2.24) is 9.80 Å². The lowest BCUT2D eigenvalue weighted by atomic mass is 9.93. The Morgan fingerprint density at radius 3 is 2.54 bits per heavy atom. The lowest BCUT2D eigenvalue weighted by Crippen LogP contribution is -2.47. The van der Waals surface area contributed by atoms with Crippen molar-refractivity contribution in [3.05, 3.63) is 46.1 Å².